The Morgan fingerprint density at radius 2 is 2.14 bits per heavy atom. The fourth-order valence-electron chi connectivity index (χ4n) is 1.13. The van der Waals surface area contributed by atoms with Crippen molar-refractivity contribution >= 4 is 17.4 Å². The summed E-state index contributed by atoms with van der Waals surface area (Å²) in [6, 6.07) is 5.20. The van der Waals surface area contributed by atoms with Crippen LogP contribution in [-0.4, -0.2) is 18.9 Å². The van der Waals surface area contributed by atoms with Gasteiger partial charge in [0, 0.05) is 10.6 Å². The van der Waals surface area contributed by atoms with Crippen LogP contribution in [0.2, 0.25) is 5.02 Å². The molecule has 0 fully saturated rings. The largest absolute Gasteiger partial charge is 0.310 e. The Morgan fingerprint density at radius 1 is 1.50 bits per heavy atom. The number of aryl methyl sites for hydroxylation is 1. The van der Waals surface area contributed by atoms with Crippen LogP contribution in [0.15, 0.2) is 18.2 Å². The van der Waals surface area contributed by atoms with Crippen molar-refractivity contribution in [2.45, 2.75) is 19.9 Å². The molecule has 2 nitrogen and oxygen atoms in total. The summed E-state index contributed by atoms with van der Waals surface area (Å²) >= 11 is 5.93. The maximum atomic E-state index is 11.7. The highest BCUT2D eigenvalue weighted by Gasteiger charge is 2.13. The van der Waals surface area contributed by atoms with Gasteiger partial charge in [-0.1, -0.05) is 23.7 Å². The van der Waals surface area contributed by atoms with Gasteiger partial charge in [-0.05, 0) is 32.5 Å². The van der Waals surface area contributed by atoms with E-state index in [1.54, 1.807) is 19.2 Å². The Labute approximate surface area is 89.3 Å². The number of halogens is 1. The number of Topliss-reactive ketones (excluding diaryl/α,β-unsaturated/α-hetero) is 1. The summed E-state index contributed by atoms with van der Waals surface area (Å²) in [5.74, 6) is 0.0643. The Balaban J connectivity index is 2.97. The van der Waals surface area contributed by atoms with Crippen molar-refractivity contribution in [3.63, 3.8) is 0 Å². The molecule has 1 atom stereocenters. The highest BCUT2D eigenvalue weighted by molar-refractivity contribution is 6.31. The van der Waals surface area contributed by atoms with Gasteiger partial charge in [-0.2, -0.15) is 0 Å². The first-order chi connectivity index (χ1) is 6.56. The van der Waals surface area contributed by atoms with Crippen LogP contribution >= 0.6 is 11.6 Å². The maximum Gasteiger partial charge on any atom is 0.179 e. The van der Waals surface area contributed by atoms with E-state index >= 15 is 0 Å². The van der Waals surface area contributed by atoms with Crippen molar-refractivity contribution in [1.82, 2.24) is 5.32 Å². The normalized spacial score (nSPS) is 12.6. The fraction of sp³-hybridized carbons (Fsp3) is 0.364. The van der Waals surface area contributed by atoms with E-state index < -0.39 is 0 Å². The Bertz CT molecular complexity index is 349. The average Bonchev–Trinajstić information content (AvgIpc) is 2.20. The standard InChI is InChI=1S/C11H14ClNO/c1-7-4-5-9(6-10(7)12)11(14)8(2)13-3/h4-6,8,13H,1-3H3. The Morgan fingerprint density at radius 3 is 2.64 bits per heavy atom. The van der Waals surface area contributed by atoms with Crippen LogP contribution in [0.4, 0.5) is 0 Å². The van der Waals surface area contributed by atoms with Crippen LogP contribution in [0.3, 0.4) is 0 Å². The molecule has 0 aliphatic carbocycles. The second kappa shape index (κ2) is 4.58. The van der Waals surface area contributed by atoms with E-state index in [-0.39, 0.29) is 11.8 Å². The van der Waals surface area contributed by atoms with Gasteiger partial charge in [0.05, 0.1) is 6.04 Å². The van der Waals surface area contributed by atoms with Gasteiger partial charge in [-0.3, -0.25) is 4.79 Å². The minimum Gasteiger partial charge on any atom is -0.310 e. The molecule has 0 saturated heterocycles. The van der Waals surface area contributed by atoms with Crippen LogP contribution < -0.4 is 5.32 Å². The second-order valence-electron chi connectivity index (χ2n) is 3.34. The number of ketones is 1. The van der Waals surface area contributed by atoms with E-state index in [1.807, 2.05) is 19.9 Å². The molecule has 1 N–H and O–H groups in total. The maximum absolute atomic E-state index is 11.7. The Hall–Kier alpha value is -0.860. The lowest BCUT2D eigenvalue weighted by Gasteiger charge is -2.09. The fourth-order valence-corrected chi connectivity index (χ4v) is 1.31. The number of hydrogen-bond donors (Lipinski definition) is 1. The summed E-state index contributed by atoms with van der Waals surface area (Å²) in [4.78, 5) is 11.7. The highest BCUT2D eigenvalue weighted by Crippen LogP contribution is 2.17. The van der Waals surface area contributed by atoms with Crippen molar-refractivity contribution in [2.75, 3.05) is 7.05 Å². The number of rotatable bonds is 3. The molecule has 1 unspecified atom stereocenters. The summed E-state index contributed by atoms with van der Waals surface area (Å²) < 4.78 is 0. The smallest absolute Gasteiger partial charge is 0.179 e. The van der Waals surface area contributed by atoms with Crippen LogP contribution in [0.25, 0.3) is 0 Å². The van der Waals surface area contributed by atoms with E-state index in [2.05, 4.69) is 5.32 Å². The molecule has 0 radical (unpaired) electrons. The minimum absolute atomic E-state index is 0.0643. The summed E-state index contributed by atoms with van der Waals surface area (Å²) in [6.45, 7) is 3.74. The van der Waals surface area contributed by atoms with Crippen molar-refractivity contribution in [3.05, 3.63) is 34.3 Å². The predicted octanol–water partition coefficient (Wildman–Crippen LogP) is 2.44. The zero-order valence-electron chi connectivity index (χ0n) is 8.60. The molecule has 0 aliphatic rings. The number of hydrogen-bond acceptors (Lipinski definition) is 2. The molecule has 3 heteroatoms. The van der Waals surface area contributed by atoms with E-state index in [9.17, 15) is 4.79 Å². The molecule has 0 bridgehead atoms. The number of carbonyl (C=O) groups is 1. The molecule has 1 aromatic rings. The van der Waals surface area contributed by atoms with Crippen molar-refractivity contribution in [3.8, 4) is 0 Å². The second-order valence-corrected chi connectivity index (χ2v) is 3.75. The molecule has 0 heterocycles. The monoisotopic (exact) mass is 211 g/mol. The van der Waals surface area contributed by atoms with Crippen LogP contribution in [0.1, 0.15) is 22.8 Å². The molecule has 0 spiro atoms. The molecule has 0 saturated carbocycles. The van der Waals surface area contributed by atoms with Gasteiger partial charge in [0.2, 0.25) is 0 Å². The van der Waals surface area contributed by atoms with Gasteiger partial charge < -0.3 is 5.32 Å². The average molecular weight is 212 g/mol. The van der Waals surface area contributed by atoms with Crippen molar-refractivity contribution in [2.24, 2.45) is 0 Å². The molecule has 76 valence electrons. The lowest BCUT2D eigenvalue weighted by Crippen LogP contribution is -2.30. The van der Waals surface area contributed by atoms with Gasteiger partial charge in [0.25, 0.3) is 0 Å². The van der Waals surface area contributed by atoms with Gasteiger partial charge in [-0.25, -0.2) is 0 Å². The first kappa shape index (κ1) is 11.2. The van der Waals surface area contributed by atoms with Gasteiger partial charge in [0.15, 0.2) is 5.78 Å². The van der Waals surface area contributed by atoms with E-state index in [1.165, 1.54) is 0 Å². The SMILES string of the molecule is CNC(C)C(=O)c1ccc(C)c(Cl)c1. The first-order valence-electron chi connectivity index (χ1n) is 4.54. The number of benzene rings is 1. The Kier molecular flexibility index (Phi) is 3.67. The van der Waals surface area contributed by atoms with Crippen LogP contribution in [-0.2, 0) is 0 Å². The van der Waals surface area contributed by atoms with E-state index in [4.69, 9.17) is 11.6 Å². The highest BCUT2D eigenvalue weighted by atomic mass is 35.5. The molecule has 1 aromatic carbocycles. The summed E-state index contributed by atoms with van der Waals surface area (Å²) in [6.07, 6.45) is 0. The summed E-state index contributed by atoms with van der Waals surface area (Å²) in [7, 11) is 1.76. The van der Waals surface area contributed by atoms with Crippen LogP contribution in [0.5, 0.6) is 0 Å². The predicted molar refractivity (Wildman–Crippen MR) is 59.0 cm³/mol. The summed E-state index contributed by atoms with van der Waals surface area (Å²) in [5.41, 5.74) is 1.64. The molecular formula is C11H14ClNO. The van der Waals surface area contributed by atoms with Crippen molar-refractivity contribution < 1.29 is 4.79 Å². The minimum atomic E-state index is -0.172. The topological polar surface area (TPSA) is 29.1 Å². The number of carbonyl (C=O) groups excluding carboxylic acids is 1. The first-order valence-corrected chi connectivity index (χ1v) is 4.91. The quantitative estimate of drug-likeness (QED) is 0.779. The van der Waals surface area contributed by atoms with E-state index in [0.717, 1.165) is 5.56 Å². The third-order valence-electron chi connectivity index (χ3n) is 2.28. The number of likely N-dealkylation sites (N-methyl/N-ethyl adjacent to an activating group) is 1. The van der Waals surface area contributed by atoms with Crippen molar-refractivity contribution in [1.29, 1.82) is 0 Å². The number of nitrogens with one attached hydrogen (secondary N) is 1. The zero-order chi connectivity index (χ0) is 10.7. The molecule has 0 amide bonds. The van der Waals surface area contributed by atoms with Gasteiger partial charge in [0.1, 0.15) is 0 Å². The van der Waals surface area contributed by atoms with E-state index in [0.29, 0.717) is 10.6 Å². The lowest BCUT2D eigenvalue weighted by molar-refractivity contribution is 0.0955. The third kappa shape index (κ3) is 2.34. The molecule has 0 aliphatic heterocycles. The molecule has 0 aromatic heterocycles. The lowest BCUT2D eigenvalue weighted by atomic mass is 10.0. The molecule has 1 rings (SSSR count). The van der Waals surface area contributed by atoms with Gasteiger partial charge in [-0.15, -0.1) is 0 Å². The third-order valence-corrected chi connectivity index (χ3v) is 2.69. The zero-order valence-corrected chi connectivity index (χ0v) is 9.35. The molecular weight excluding hydrogens is 198 g/mol. The van der Waals surface area contributed by atoms with Crippen LogP contribution in [0, 0.1) is 6.92 Å². The summed E-state index contributed by atoms with van der Waals surface area (Å²) in [5, 5.41) is 3.54. The molecule has 14 heavy (non-hydrogen) atoms. The van der Waals surface area contributed by atoms with Gasteiger partial charge >= 0.3 is 0 Å².